The van der Waals surface area contributed by atoms with Crippen LogP contribution in [-0.4, -0.2) is 40.6 Å². The zero-order valence-corrected chi connectivity index (χ0v) is 17.2. The van der Waals surface area contributed by atoms with Crippen LogP contribution >= 0.6 is 0 Å². The van der Waals surface area contributed by atoms with E-state index in [9.17, 15) is 14.4 Å². The molecule has 0 spiro atoms. The highest BCUT2D eigenvalue weighted by atomic mass is 16.6. The van der Waals surface area contributed by atoms with Gasteiger partial charge in [0.2, 0.25) is 0 Å². The normalized spacial score (nSPS) is 15.8. The SMILES string of the molecule is CC(=O)OC(CC=C(C)CCCC(C)CO)(C(C)=O)C(=O)OC(C)(C)C. The van der Waals surface area contributed by atoms with Gasteiger partial charge in [0, 0.05) is 20.0 Å². The summed E-state index contributed by atoms with van der Waals surface area (Å²) in [6.45, 7) is 11.5. The molecule has 0 amide bonds. The molecule has 2 unspecified atom stereocenters. The van der Waals surface area contributed by atoms with E-state index < -0.39 is 28.9 Å². The number of ketones is 1. The van der Waals surface area contributed by atoms with Gasteiger partial charge in [0.05, 0.1) is 0 Å². The standard InChI is InChI=1S/C20H34O6/c1-14(9-8-10-15(2)13-21)11-12-20(16(3)22,25-17(4)23)18(24)26-19(5,6)7/h11,15,21H,8-10,12-13H2,1-7H3. The molecule has 0 bridgehead atoms. The second-order valence-corrected chi connectivity index (χ2v) is 7.91. The summed E-state index contributed by atoms with van der Waals surface area (Å²) >= 11 is 0. The molecule has 0 saturated heterocycles. The third kappa shape index (κ3) is 8.61. The van der Waals surface area contributed by atoms with E-state index in [-0.39, 0.29) is 18.9 Å². The summed E-state index contributed by atoms with van der Waals surface area (Å²) in [5.74, 6) is -1.90. The number of ether oxygens (including phenoxy) is 2. The van der Waals surface area contributed by atoms with Crippen molar-refractivity contribution in [1.82, 2.24) is 0 Å². The van der Waals surface area contributed by atoms with Crippen molar-refractivity contribution in [3.05, 3.63) is 11.6 Å². The maximum Gasteiger partial charge on any atom is 0.359 e. The van der Waals surface area contributed by atoms with Crippen molar-refractivity contribution in [2.75, 3.05) is 6.61 Å². The predicted octanol–water partition coefficient (Wildman–Crippen LogP) is 3.35. The van der Waals surface area contributed by atoms with Gasteiger partial charge >= 0.3 is 11.9 Å². The van der Waals surface area contributed by atoms with Crippen LogP contribution in [0, 0.1) is 5.92 Å². The van der Waals surface area contributed by atoms with Crippen LogP contribution in [0.5, 0.6) is 0 Å². The summed E-state index contributed by atoms with van der Waals surface area (Å²) < 4.78 is 10.5. The number of aliphatic hydroxyl groups excluding tert-OH is 1. The Morgan fingerprint density at radius 1 is 1.08 bits per heavy atom. The minimum absolute atomic E-state index is 0.0573. The first-order valence-corrected chi connectivity index (χ1v) is 9.04. The predicted molar refractivity (Wildman–Crippen MR) is 99.5 cm³/mol. The number of esters is 2. The minimum Gasteiger partial charge on any atom is -0.457 e. The van der Waals surface area contributed by atoms with Crippen LogP contribution < -0.4 is 0 Å². The smallest absolute Gasteiger partial charge is 0.359 e. The number of carbonyl (C=O) groups is 3. The average molecular weight is 370 g/mol. The van der Waals surface area contributed by atoms with E-state index in [1.165, 1.54) is 6.92 Å². The Balaban J connectivity index is 5.34. The first-order chi connectivity index (χ1) is 11.8. The van der Waals surface area contributed by atoms with Crippen LogP contribution in [0.15, 0.2) is 11.6 Å². The van der Waals surface area contributed by atoms with E-state index in [4.69, 9.17) is 14.6 Å². The second-order valence-electron chi connectivity index (χ2n) is 7.91. The van der Waals surface area contributed by atoms with Gasteiger partial charge in [-0.05, 0) is 59.8 Å². The number of hydrogen-bond acceptors (Lipinski definition) is 6. The topological polar surface area (TPSA) is 89.9 Å². The van der Waals surface area contributed by atoms with Crippen molar-refractivity contribution >= 4 is 17.7 Å². The van der Waals surface area contributed by atoms with E-state index >= 15 is 0 Å². The van der Waals surface area contributed by atoms with Crippen LogP contribution in [-0.2, 0) is 23.9 Å². The van der Waals surface area contributed by atoms with E-state index in [1.807, 2.05) is 13.8 Å². The molecule has 0 aliphatic carbocycles. The molecule has 6 heteroatoms. The monoisotopic (exact) mass is 370 g/mol. The Labute approximate surface area is 156 Å². The first kappa shape index (κ1) is 24.3. The molecule has 0 rings (SSSR count). The molecule has 0 fully saturated rings. The van der Waals surface area contributed by atoms with E-state index in [1.54, 1.807) is 26.8 Å². The summed E-state index contributed by atoms with van der Waals surface area (Å²) in [5.41, 5.74) is -1.79. The number of carbonyl (C=O) groups excluding carboxylic acids is 3. The quantitative estimate of drug-likeness (QED) is 0.360. The Bertz CT molecular complexity index is 529. The lowest BCUT2D eigenvalue weighted by molar-refractivity contribution is -0.191. The molecule has 0 aliphatic heterocycles. The van der Waals surface area contributed by atoms with Crippen molar-refractivity contribution < 1.29 is 29.0 Å². The van der Waals surface area contributed by atoms with Gasteiger partial charge in [-0.25, -0.2) is 4.79 Å². The summed E-state index contributed by atoms with van der Waals surface area (Å²) in [7, 11) is 0. The fourth-order valence-corrected chi connectivity index (χ4v) is 2.37. The maximum absolute atomic E-state index is 12.6. The maximum atomic E-state index is 12.6. The molecule has 0 aromatic heterocycles. The van der Waals surface area contributed by atoms with Gasteiger partial charge in [0.15, 0.2) is 5.78 Å². The molecule has 0 radical (unpaired) electrons. The highest BCUT2D eigenvalue weighted by Gasteiger charge is 2.49. The largest absolute Gasteiger partial charge is 0.457 e. The summed E-state index contributed by atoms with van der Waals surface area (Å²) in [6, 6.07) is 0. The van der Waals surface area contributed by atoms with Crippen molar-refractivity contribution in [2.24, 2.45) is 5.92 Å². The Hall–Kier alpha value is -1.69. The molecule has 1 N–H and O–H groups in total. The van der Waals surface area contributed by atoms with E-state index in [0.29, 0.717) is 0 Å². The fourth-order valence-electron chi connectivity index (χ4n) is 2.37. The Morgan fingerprint density at radius 3 is 2.08 bits per heavy atom. The summed E-state index contributed by atoms with van der Waals surface area (Å²) in [5, 5.41) is 9.06. The molecule has 0 aliphatic rings. The third-order valence-electron chi connectivity index (χ3n) is 3.93. The Kier molecular flexibility index (Phi) is 9.78. The van der Waals surface area contributed by atoms with Crippen LogP contribution in [0.3, 0.4) is 0 Å². The van der Waals surface area contributed by atoms with Crippen molar-refractivity contribution in [3.63, 3.8) is 0 Å². The molecular formula is C20H34O6. The lowest BCUT2D eigenvalue weighted by Crippen LogP contribution is -2.51. The molecular weight excluding hydrogens is 336 g/mol. The summed E-state index contributed by atoms with van der Waals surface area (Å²) in [6.07, 6.45) is 4.23. The van der Waals surface area contributed by atoms with Gasteiger partial charge in [-0.3, -0.25) is 9.59 Å². The zero-order chi connectivity index (χ0) is 20.5. The zero-order valence-electron chi connectivity index (χ0n) is 17.2. The van der Waals surface area contributed by atoms with Crippen molar-refractivity contribution in [2.45, 2.75) is 85.4 Å². The molecule has 0 saturated carbocycles. The van der Waals surface area contributed by atoms with Crippen LogP contribution in [0.2, 0.25) is 0 Å². The van der Waals surface area contributed by atoms with Gasteiger partial charge < -0.3 is 14.6 Å². The molecule has 0 aromatic rings. The third-order valence-corrected chi connectivity index (χ3v) is 3.93. The Morgan fingerprint density at radius 2 is 1.65 bits per heavy atom. The number of hydrogen-bond donors (Lipinski definition) is 1. The van der Waals surface area contributed by atoms with Crippen LogP contribution in [0.4, 0.5) is 0 Å². The lowest BCUT2D eigenvalue weighted by atomic mass is 9.92. The van der Waals surface area contributed by atoms with Gasteiger partial charge in [0.25, 0.3) is 5.60 Å². The molecule has 2 atom stereocenters. The van der Waals surface area contributed by atoms with Gasteiger partial charge in [-0.1, -0.05) is 18.6 Å². The molecule has 150 valence electrons. The number of aliphatic hydroxyl groups is 1. The highest BCUT2D eigenvalue weighted by Crippen LogP contribution is 2.26. The highest BCUT2D eigenvalue weighted by molar-refractivity contribution is 6.07. The average Bonchev–Trinajstić information content (AvgIpc) is 2.48. The number of rotatable bonds is 10. The lowest BCUT2D eigenvalue weighted by Gasteiger charge is -2.31. The van der Waals surface area contributed by atoms with E-state index in [2.05, 4.69) is 0 Å². The first-order valence-electron chi connectivity index (χ1n) is 9.04. The fraction of sp³-hybridized carbons (Fsp3) is 0.750. The van der Waals surface area contributed by atoms with Gasteiger partial charge in [-0.15, -0.1) is 0 Å². The van der Waals surface area contributed by atoms with Crippen LogP contribution in [0.25, 0.3) is 0 Å². The van der Waals surface area contributed by atoms with Gasteiger partial charge in [-0.2, -0.15) is 0 Å². The number of Topliss-reactive ketones (excluding diaryl/α,β-unsaturated/α-hetero) is 1. The van der Waals surface area contributed by atoms with Crippen molar-refractivity contribution in [1.29, 1.82) is 0 Å². The number of allylic oxidation sites excluding steroid dienone is 1. The molecule has 0 heterocycles. The van der Waals surface area contributed by atoms with Gasteiger partial charge in [0.1, 0.15) is 5.60 Å². The summed E-state index contributed by atoms with van der Waals surface area (Å²) in [4.78, 5) is 36.4. The molecule has 26 heavy (non-hydrogen) atoms. The van der Waals surface area contributed by atoms with Crippen molar-refractivity contribution in [3.8, 4) is 0 Å². The van der Waals surface area contributed by atoms with Crippen LogP contribution in [0.1, 0.15) is 74.1 Å². The minimum atomic E-state index is -1.96. The van der Waals surface area contributed by atoms with E-state index in [0.717, 1.165) is 31.8 Å². The molecule has 0 aromatic carbocycles. The molecule has 6 nitrogen and oxygen atoms in total. The second kappa shape index (κ2) is 10.5.